The maximum absolute atomic E-state index is 6.44. The molecule has 3 heteroatoms. The van der Waals surface area contributed by atoms with Crippen molar-refractivity contribution in [1.29, 1.82) is 0 Å². The molecule has 1 aromatic carbocycles. The smallest absolute Gasteiger partial charge is 0.0643 e. The molecule has 1 aromatic rings. The summed E-state index contributed by atoms with van der Waals surface area (Å²) in [5.41, 5.74) is 8.16. The Bertz CT molecular complexity index is 417. The highest BCUT2D eigenvalue weighted by Crippen LogP contribution is 2.37. The Labute approximate surface area is 115 Å². The fourth-order valence-electron chi connectivity index (χ4n) is 2.92. The zero-order valence-electron chi connectivity index (χ0n) is 11.5. The van der Waals surface area contributed by atoms with E-state index in [1.807, 2.05) is 13.0 Å². The van der Waals surface area contributed by atoms with E-state index in [2.05, 4.69) is 30.9 Å². The number of nitrogens with two attached hydrogens (primary N) is 1. The van der Waals surface area contributed by atoms with Gasteiger partial charge in [-0.05, 0) is 50.8 Å². The Morgan fingerprint density at radius 1 is 1.44 bits per heavy atom. The summed E-state index contributed by atoms with van der Waals surface area (Å²) in [6.07, 6.45) is 3.70. The van der Waals surface area contributed by atoms with Gasteiger partial charge in [0.1, 0.15) is 0 Å². The lowest BCUT2D eigenvalue weighted by molar-refractivity contribution is 0.628. The van der Waals surface area contributed by atoms with Crippen molar-refractivity contribution in [3.8, 4) is 0 Å². The quantitative estimate of drug-likeness (QED) is 0.891. The number of hydrogen-bond acceptors (Lipinski definition) is 2. The lowest BCUT2D eigenvalue weighted by atomic mass is 10.1. The Hall–Kier alpha value is -0.730. The average Bonchev–Trinajstić information content (AvgIpc) is 2.70. The summed E-state index contributed by atoms with van der Waals surface area (Å²) in [6.45, 7) is 6.52. The molecule has 2 unspecified atom stereocenters. The van der Waals surface area contributed by atoms with Gasteiger partial charge >= 0.3 is 0 Å². The van der Waals surface area contributed by atoms with Crippen LogP contribution in [0.15, 0.2) is 18.2 Å². The van der Waals surface area contributed by atoms with Crippen LogP contribution in [0.25, 0.3) is 0 Å². The number of hydrogen-bond donors (Lipinski definition) is 1. The van der Waals surface area contributed by atoms with E-state index in [1.165, 1.54) is 19.3 Å². The van der Waals surface area contributed by atoms with Crippen molar-refractivity contribution >= 4 is 17.3 Å². The Morgan fingerprint density at radius 3 is 2.72 bits per heavy atom. The molecule has 0 aromatic heterocycles. The number of nitrogens with zero attached hydrogens (tertiary/aromatic N) is 1. The van der Waals surface area contributed by atoms with E-state index in [0.717, 1.165) is 16.3 Å². The van der Waals surface area contributed by atoms with E-state index in [-0.39, 0.29) is 6.04 Å². The zero-order valence-corrected chi connectivity index (χ0v) is 12.2. The zero-order chi connectivity index (χ0) is 13.3. The number of anilines is 1. The van der Waals surface area contributed by atoms with E-state index >= 15 is 0 Å². The largest absolute Gasteiger partial charge is 0.365 e. The van der Waals surface area contributed by atoms with Gasteiger partial charge in [0.25, 0.3) is 0 Å². The predicted octanol–water partition coefficient (Wildman–Crippen LogP) is 4.13. The lowest BCUT2D eigenvalue weighted by Crippen LogP contribution is -2.34. The van der Waals surface area contributed by atoms with Crippen LogP contribution >= 0.6 is 11.6 Å². The van der Waals surface area contributed by atoms with Gasteiger partial charge in [-0.3, -0.25) is 0 Å². The maximum atomic E-state index is 6.44. The molecule has 2 nitrogen and oxygen atoms in total. The monoisotopic (exact) mass is 266 g/mol. The van der Waals surface area contributed by atoms with Gasteiger partial charge in [-0.1, -0.05) is 24.6 Å². The van der Waals surface area contributed by atoms with Crippen molar-refractivity contribution in [2.45, 2.75) is 58.2 Å². The second kappa shape index (κ2) is 5.50. The number of benzene rings is 1. The van der Waals surface area contributed by atoms with Crippen LogP contribution in [0.1, 0.15) is 51.6 Å². The van der Waals surface area contributed by atoms with E-state index in [9.17, 15) is 0 Å². The molecule has 2 N–H and O–H groups in total. The normalized spacial score (nSPS) is 25.5. The minimum Gasteiger partial charge on any atom is -0.365 e. The van der Waals surface area contributed by atoms with Gasteiger partial charge in [-0.2, -0.15) is 0 Å². The molecule has 0 spiro atoms. The van der Waals surface area contributed by atoms with Crippen molar-refractivity contribution in [3.05, 3.63) is 28.8 Å². The van der Waals surface area contributed by atoms with Crippen molar-refractivity contribution in [2.24, 2.45) is 5.73 Å². The SMILES string of the molecule is CCC1CCC(C)N1c1ccc([C@@H](C)N)cc1Cl. The van der Waals surface area contributed by atoms with Crippen LogP contribution in [0.2, 0.25) is 5.02 Å². The highest BCUT2D eigenvalue weighted by Gasteiger charge is 2.30. The molecular weight excluding hydrogens is 244 g/mol. The predicted molar refractivity (Wildman–Crippen MR) is 79.3 cm³/mol. The molecule has 1 heterocycles. The van der Waals surface area contributed by atoms with Crippen LogP contribution in [0, 0.1) is 0 Å². The minimum absolute atomic E-state index is 0.0366. The fraction of sp³-hybridized carbons (Fsp3) is 0.600. The summed E-state index contributed by atoms with van der Waals surface area (Å²) in [4.78, 5) is 2.48. The summed E-state index contributed by atoms with van der Waals surface area (Å²) >= 11 is 6.44. The first-order valence-corrected chi connectivity index (χ1v) is 7.25. The van der Waals surface area contributed by atoms with Gasteiger partial charge in [0, 0.05) is 18.1 Å². The Kier molecular flexibility index (Phi) is 4.18. The Morgan fingerprint density at radius 2 is 2.17 bits per heavy atom. The van der Waals surface area contributed by atoms with E-state index < -0.39 is 0 Å². The molecular formula is C15H23ClN2. The van der Waals surface area contributed by atoms with Crippen molar-refractivity contribution in [3.63, 3.8) is 0 Å². The molecule has 0 amide bonds. The van der Waals surface area contributed by atoms with Gasteiger partial charge in [-0.25, -0.2) is 0 Å². The van der Waals surface area contributed by atoms with Crippen LogP contribution in [0.4, 0.5) is 5.69 Å². The van der Waals surface area contributed by atoms with Gasteiger partial charge in [0.2, 0.25) is 0 Å². The fourth-order valence-corrected chi connectivity index (χ4v) is 3.21. The van der Waals surface area contributed by atoms with Crippen LogP contribution in [0.5, 0.6) is 0 Å². The van der Waals surface area contributed by atoms with Crippen LogP contribution in [0.3, 0.4) is 0 Å². The van der Waals surface area contributed by atoms with Gasteiger partial charge in [0.15, 0.2) is 0 Å². The van der Waals surface area contributed by atoms with Gasteiger partial charge < -0.3 is 10.6 Å². The second-order valence-electron chi connectivity index (χ2n) is 5.40. The molecule has 0 aliphatic carbocycles. The summed E-state index contributed by atoms with van der Waals surface area (Å²) in [5, 5.41) is 0.831. The minimum atomic E-state index is 0.0366. The number of halogens is 1. The maximum Gasteiger partial charge on any atom is 0.0643 e. The first kappa shape index (κ1) is 13.7. The lowest BCUT2D eigenvalue weighted by Gasteiger charge is -2.31. The molecule has 2 rings (SSSR count). The Balaban J connectivity index is 2.33. The molecule has 1 saturated heterocycles. The summed E-state index contributed by atoms with van der Waals surface area (Å²) in [5.74, 6) is 0. The summed E-state index contributed by atoms with van der Waals surface area (Å²) in [7, 11) is 0. The molecule has 3 atom stereocenters. The first-order valence-electron chi connectivity index (χ1n) is 6.88. The van der Waals surface area contributed by atoms with Crippen LogP contribution in [-0.4, -0.2) is 12.1 Å². The molecule has 1 aliphatic heterocycles. The van der Waals surface area contributed by atoms with E-state index in [0.29, 0.717) is 12.1 Å². The van der Waals surface area contributed by atoms with Crippen molar-refractivity contribution in [1.82, 2.24) is 0 Å². The van der Waals surface area contributed by atoms with Crippen molar-refractivity contribution in [2.75, 3.05) is 4.90 Å². The second-order valence-corrected chi connectivity index (χ2v) is 5.80. The molecule has 18 heavy (non-hydrogen) atoms. The third-order valence-electron chi connectivity index (χ3n) is 4.03. The standard InChI is InChI=1S/C15H23ClN2/c1-4-13-7-5-10(2)18(13)15-8-6-12(11(3)17)9-14(15)16/h6,8-11,13H,4-5,7,17H2,1-3H3/t10?,11-,13?/m1/s1. The first-order chi connectivity index (χ1) is 8.54. The third-order valence-corrected chi connectivity index (χ3v) is 4.34. The van der Waals surface area contributed by atoms with Crippen LogP contribution in [-0.2, 0) is 0 Å². The van der Waals surface area contributed by atoms with Gasteiger partial charge in [0.05, 0.1) is 10.7 Å². The molecule has 1 fully saturated rings. The molecule has 0 saturated carbocycles. The molecule has 0 radical (unpaired) electrons. The number of rotatable bonds is 3. The molecule has 0 bridgehead atoms. The highest BCUT2D eigenvalue weighted by atomic mass is 35.5. The average molecular weight is 267 g/mol. The molecule has 1 aliphatic rings. The van der Waals surface area contributed by atoms with Gasteiger partial charge in [-0.15, -0.1) is 0 Å². The summed E-state index contributed by atoms with van der Waals surface area (Å²) < 4.78 is 0. The highest BCUT2D eigenvalue weighted by molar-refractivity contribution is 6.33. The summed E-state index contributed by atoms with van der Waals surface area (Å²) in [6, 6.07) is 7.48. The third kappa shape index (κ3) is 2.50. The van der Waals surface area contributed by atoms with E-state index in [4.69, 9.17) is 17.3 Å². The molecule has 100 valence electrons. The topological polar surface area (TPSA) is 29.3 Å². The van der Waals surface area contributed by atoms with Crippen LogP contribution < -0.4 is 10.6 Å². The van der Waals surface area contributed by atoms with Crippen molar-refractivity contribution < 1.29 is 0 Å². The van der Waals surface area contributed by atoms with E-state index in [1.54, 1.807) is 0 Å².